The van der Waals surface area contributed by atoms with E-state index in [4.69, 9.17) is 0 Å². The Morgan fingerprint density at radius 3 is 3.00 bits per heavy atom. The molecule has 1 aromatic heterocycles. The molecule has 1 aliphatic rings. The summed E-state index contributed by atoms with van der Waals surface area (Å²) in [6.45, 7) is 0. The van der Waals surface area contributed by atoms with Crippen LogP contribution in [0.5, 0.6) is 0 Å². The Morgan fingerprint density at radius 2 is 2.45 bits per heavy atom. The first-order chi connectivity index (χ1) is 5.36. The predicted molar refractivity (Wildman–Crippen MR) is 46.6 cm³/mol. The molecule has 0 radical (unpaired) electrons. The molecule has 1 heterocycles. The second-order valence-corrected chi connectivity index (χ2v) is 4.19. The normalized spacial score (nSPS) is 20.1. The van der Waals surface area contributed by atoms with Crippen LogP contribution in [-0.4, -0.2) is 5.11 Å². The van der Waals surface area contributed by atoms with E-state index in [2.05, 4.69) is 0 Å². The average Bonchev–Trinajstić information content (AvgIpc) is 2.67. The van der Waals surface area contributed by atoms with E-state index in [9.17, 15) is 5.11 Å². The smallest absolute Gasteiger partial charge is 0.0884 e. The van der Waals surface area contributed by atoms with Crippen LogP contribution in [0.4, 0.5) is 0 Å². The van der Waals surface area contributed by atoms with Crippen LogP contribution in [0, 0.1) is 5.92 Å². The van der Waals surface area contributed by atoms with Crippen LogP contribution in [0.15, 0.2) is 17.5 Å². The van der Waals surface area contributed by atoms with Gasteiger partial charge in [0.25, 0.3) is 0 Å². The maximum atomic E-state index is 9.63. The second-order valence-electron chi connectivity index (χ2n) is 3.21. The van der Waals surface area contributed by atoms with E-state index in [1.807, 2.05) is 17.5 Å². The number of aliphatic hydroxyl groups excluding tert-OH is 1. The third-order valence-electron chi connectivity index (χ3n) is 2.13. The van der Waals surface area contributed by atoms with Gasteiger partial charge in [-0.2, -0.15) is 0 Å². The minimum atomic E-state index is -0.192. The van der Waals surface area contributed by atoms with Gasteiger partial charge in [0.15, 0.2) is 0 Å². The van der Waals surface area contributed by atoms with Gasteiger partial charge in [0.1, 0.15) is 0 Å². The molecule has 1 N–H and O–H groups in total. The van der Waals surface area contributed by atoms with Crippen LogP contribution >= 0.6 is 11.3 Å². The first-order valence-corrected chi connectivity index (χ1v) is 4.95. The van der Waals surface area contributed by atoms with Gasteiger partial charge in [-0.3, -0.25) is 0 Å². The quantitative estimate of drug-likeness (QED) is 0.735. The largest absolute Gasteiger partial charge is 0.388 e. The lowest BCUT2D eigenvalue weighted by atomic mass is 10.1. The molecule has 0 saturated heterocycles. The van der Waals surface area contributed by atoms with Crippen LogP contribution in [0.25, 0.3) is 0 Å². The lowest BCUT2D eigenvalue weighted by molar-refractivity contribution is 0.164. The van der Waals surface area contributed by atoms with Crippen LogP contribution in [-0.2, 0) is 0 Å². The summed E-state index contributed by atoms with van der Waals surface area (Å²) < 4.78 is 0. The highest BCUT2D eigenvalue weighted by Crippen LogP contribution is 2.38. The zero-order chi connectivity index (χ0) is 7.68. The first kappa shape index (κ1) is 7.32. The van der Waals surface area contributed by atoms with Crippen LogP contribution in [0.1, 0.15) is 30.2 Å². The summed E-state index contributed by atoms with van der Waals surface area (Å²) in [5.41, 5.74) is 0. The Balaban J connectivity index is 1.93. The zero-order valence-electron chi connectivity index (χ0n) is 6.36. The van der Waals surface area contributed by atoms with Crippen molar-refractivity contribution in [2.75, 3.05) is 0 Å². The van der Waals surface area contributed by atoms with Crippen molar-refractivity contribution in [3.05, 3.63) is 22.4 Å². The third kappa shape index (κ3) is 1.82. The van der Waals surface area contributed by atoms with E-state index in [-0.39, 0.29) is 6.10 Å². The highest BCUT2D eigenvalue weighted by molar-refractivity contribution is 7.10. The monoisotopic (exact) mass is 168 g/mol. The molecule has 1 fully saturated rings. The van der Waals surface area contributed by atoms with E-state index >= 15 is 0 Å². The van der Waals surface area contributed by atoms with E-state index in [1.165, 1.54) is 12.8 Å². The van der Waals surface area contributed by atoms with Crippen molar-refractivity contribution >= 4 is 11.3 Å². The lowest BCUT2D eigenvalue weighted by Gasteiger charge is -2.05. The van der Waals surface area contributed by atoms with Crippen molar-refractivity contribution in [1.82, 2.24) is 0 Å². The van der Waals surface area contributed by atoms with E-state index in [1.54, 1.807) is 11.3 Å². The van der Waals surface area contributed by atoms with Gasteiger partial charge in [0.05, 0.1) is 6.10 Å². The number of rotatable bonds is 3. The summed E-state index contributed by atoms with van der Waals surface area (Å²) in [4.78, 5) is 1.12. The molecule has 1 unspecified atom stereocenters. The summed E-state index contributed by atoms with van der Waals surface area (Å²) in [5.74, 6) is 0.812. The fourth-order valence-corrected chi connectivity index (χ4v) is 1.99. The number of aliphatic hydroxyl groups is 1. The Labute approximate surface area is 70.7 Å². The van der Waals surface area contributed by atoms with Crippen LogP contribution < -0.4 is 0 Å². The topological polar surface area (TPSA) is 20.2 Å². The Kier molecular flexibility index (Phi) is 1.96. The van der Waals surface area contributed by atoms with E-state index in [0.717, 1.165) is 17.2 Å². The molecule has 1 nitrogen and oxygen atoms in total. The molecule has 60 valence electrons. The molecule has 2 rings (SSSR count). The molecule has 1 saturated carbocycles. The Morgan fingerprint density at radius 1 is 1.64 bits per heavy atom. The molecule has 0 spiro atoms. The Bertz CT molecular complexity index is 213. The molecule has 2 heteroatoms. The molecule has 0 amide bonds. The number of hydrogen-bond donors (Lipinski definition) is 1. The van der Waals surface area contributed by atoms with Crippen LogP contribution in [0.2, 0.25) is 0 Å². The minimum Gasteiger partial charge on any atom is -0.388 e. The molecule has 0 aliphatic heterocycles. The Hall–Kier alpha value is -0.340. The molecule has 1 aliphatic carbocycles. The molecule has 0 aromatic carbocycles. The van der Waals surface area contributed by atoms with Gasteiger partial charge >= 0.3 is 0 Å². The van der Waals surface area contributed by atoms with Crippen molar-refractivity contribution in [3.63, 3.8) is 0 Å². The summed E-state index contributed by atoms with van der Waals surface area (Å²) in [7, 11) is 0. The van der Waals surface area contributed by atoms with Crippen molar-refractivity contribution in [2.45, 2.75) is 25.4 Å². The number of thiophene rings is 1. The van der Waals surface area contributed by atoms with Gasteiger partial charge in [-0.05, 0) is 23.8 Å². The SMILES string of the molecule is OC(CC1CC1)c1cccs1. The average molecular weight is 168 g/mol. The fourth-order valence-electron chi connectivity index (χ4n) is 1.27. The predicted octanol–water partition coefficient (Wildman–Crippen LogP) is 2.58. The summed E-state index contributed by atoms with van der Waals surface area (Å²) >= 11 is 1.65. The van der Waals surface area contributed by atoms with E-state index in [0.29, 0.717) is 0 Å². The van der Waals surface area contributed by atoms with Crippen LogP contribution in [0.3, 0.4) is 0 Å². The summed E-state index contributed by atoms with van der Waals surface area (Å²) in [6.07, 6.45) is 3.42. The molecule has 1 aromatic rings. The van der Waals surface area contributed by atoms with Gasteiger partial charge in [-0.1, -0.05) is 18.9 Å². The third-order valence-corrected chi connectivity index (χ3v) is 3.10. The lowest BCUT2D eigenvalue weighted by Crippen LogP contribution is -1.94. The second kappa shape index (κ2) is 2.95. The van der Waals surface area contributed by atoms with Gasteiger partial charge in [-0.25, -0.2) is 0 Å². The standard InChI is InChI=1S/C9H12OS/c10-8(6-7-3-4-7)9-2-1-5-11-9/h1-2,5,7-8,10H,3-4,6H2. The van der Waals surface area contributed by atoms with E-state index < -0.39 is 0 Å². The maximum Gasteiger partial charge on any atom is 0.0884 e. The van der Waals surface area contributed by atoms with Gasteiger partial charge in [0.2, 0.25) is 0 Å². The highest BCUT2D eigenvalue weighted by Gasteiger charge is 2.25. The first-order valence-electron chi connectivity index (χ1n) is 4.08. The minimum absolute atomic E-state index is 0.192. The molecule has 11 heavy (non-hydrogen) atoms. The zero-order valence-corrected chi connectivity index (χ0v) is 7.18. The fraction of sp³-hybridized carbons (Fsp3) is 0.556. The summed E-state index contributed by atoms with van der Waals surface area (Å²) in [5, 5.41) is 11.6. The van der Waals surface area contributed by atoms with Gasteiger partial charge in [-0.15, -0.1) is 11.3 Å². The van der Waals surface area contributed by atoms with Crippen molar-refractivity contribution in [3.8, 4) is 0 Å². The van der Waals surface area contributed by atoms with Gasteiger partial charge in [0, 0.05) is 4.88 Å². The molecular formula is C9H12OS. The van der Waals surface area contributed by atoms with Gasteiger partial charge < -0.3 is 5.11 Å². The summed E-state index contributed by atoms with van der Waals surface area (Å²) in [6, 6.07) is 4.01. The van der Waals surface area contributed by atoms with Crippen molar-refractivity contribution in [1.29, 1.82) is 0 Å². The highest BCUT2D eigenvalue weighted by atomic mass is 32.1. The molecule has 0 bridgehead atoms. The van der Waals surface area contributed by atoms with Crippen molar-refractivity contribution < 1.29 is 5.11 Å². The number of hydrogen-bond acceptors (Lipinski definition) is 2. The maximum absolute atomic E-state index is 9.63. The van der Waals surface area contributed by atoms with Crippen molar-refractivity contribution in [2.24, 2.45) is 5.92 Å². The molecule has 1 atom stereocenters. The molecular weight excluding hydrogens is 156 g/mol.